The molecule has 0 unspecified atom stereocenters. The molecule has 142 valence electrons. The van der Waals surface area contributed by atoms with Gasteiger partial charge in [0.25, 0.3) is 5.91 Å². The van der Waals surface area contributed by atoms with E-state index in [0.29, 0.717) is 36.1 Å². The molecule has 1 heterocycles. The quantitative estimate of drug-likeness (QED) is 0.674. The lowest BCUT2D eigenvalue weighted by Gasteiger charge is -2.19. The molecule has 0 bridgehead atoms. The van der Waals surface area contributed by atoms with Gasteiger partial charge >= 0.3 is 0 Å². The first-order valence-corrected chi connectivity index (χ1v) is 9.01. The Balaban J connectivity index is 1.28. The monoisotopic (exact) mass is 376 g/mol. The van der Waals surface area contributed by atoms with E-state index in [-0.39, 0.29) is 12.5 Å². The van der Waals surface area contributed by atoms with Crippen LogP contribution in [0.1, 0.15) is 0 Å². The summed E-state index contributed by atoms with van der Waals surface area (Å²) in [6.07, 6.45) is 0. The summed E-state index contributed by atoms with van der Waals surface area (Å²) in [5, 5.41) is 6.09. The van der Waals surface area contributed by atoms with Gasteiger partial charge in [-0.05, 0) is 48.5 Å². The SMILES string of the molecule is O=C(COc1ccc(Nc2ccccc2)cc1)Nc1ccc2c(c1)OCCO2. The van der Waals surface area contributed by atoms with Gasteiger partial charge in [0.15, 0.2) is 18.1 Å². The van der Waals surface area contributed by atoms with Gasteiger partial charge in [-0.15, -0.1) is 0 Å². The molecule has 28 heavy (non-hydrogen) atoms. The molecule has 0 aliphatic carbocycles. The fourth-order valence-corrected chi connectivity index (χ4v) is 2.79. The number of benzene rings is 3. The van der Waals surface area contributed by atoms with Gasteiger partial charge in [-0.25, -0.2) is 0 Å². The van der Waals surface area contributed by atoms with Crippen molar-refractivity contribution in [2.24, 2.45) is 0 Å². The van der Waals surface area contributed by atoms with Crippen LogP contribution in [0.5, 0.6) is 17.2 Å². The Labute approximate surface area is 163 Å². The Morgan fingerprint density at radius 1 is 0.821 bits per heavy atom. The average Bonchev–Trinajstić information content (AvgIpc) is 2.74. The molecule has 6 nitrogen and oxygen atoms in total. The number of nitrogens with one attached hydrogen (secondary N) is 2. The molecule has 0 saturated carbocycles. The first-order valence-electron chi connectivity index (χ1n) is 9.01. The molecular formula is C22H20N2O4. The van der Waals surface area contributed by atoms with Crippen molar-refractivity contribution in [3.63, 3.8) is 0 Å². The second-order valence-corrected chi connectivity index (χ2v) is 6.21. The van der Waals surface area contributed by atoms with Gasteiger partial charge < -0.3 is 24.8 Å². The van der Waals surface area contributed by atoms with Gasteiger partial charge in [0.1, 0.15) is 19.0 Å². The summed E-state index contributed by atoms with van der Waals surface area (Å²) in [5.41, 5.74) is 2.59. The van der Waals surface area contributed by atoms with Gasteiger partial charge in [0.2, 0.25) is 0 Å². The third kappa shape index (κ3) is 4.54. The zero-order valence-electron chi connectivity index (χ0n) is 15.2. The maximum atomic E-state index is 12.1. The number of hydrogen-bond donors (Lipinski definition) is 2. The standard InChI is InChI=1S/C22H20N2O4/c25-22(24-18-8-11-20-21(14-18)27-13-12-26-20)15-28-19-9-6-17(7-10-19)23-16-4-2-1-3-5-16/h1-11,14,23H,12-13,15H2,(H,24,25). The van der Waals surface area contributed by atoms with E-state index in [2.05, 4.69) is 10.6 Å². The lowest BCUT2D eigenvalue weighted by atomic mass is 10.2. The fourth-order valence-electron chi connectivity index (χ4n) is 2.79. The minimum atomic E-state index is -0.247. The number of carbonyl (C=O) groups excluding carboxylic acids is 1. The Morgan fingerprint density at radius 3 is 2.29 bits per heavy atom. The van der Waals surface area contributed by atoms with Crippen LogP contribution >= 0.6 is 0 Å². The van der Waals surface area contributed by atoms with Crippen LogP contribution in [0.25, 0.3) is 0 Å². The van der Waals surface area contributed by atoms with Crippen molar-refractivity contribution in [3.05, 3.63) is 72.8 Å². The number of anilines is 3. The normalized spacial score (nSPS) is 12.1. The fraction of sp³-hybridized carbons (Fsp3) is 0.136. The van der Waals surface area contributed by atoms with E-state index in [4.69, 9.17) is 14.2 Å². The molecular weight excluding hydrogens is 356 g/mol. The summed E-state index contributed by atoms with van der Waals surface area (Å²) in [5.74, 6) is 1.69. The van der Waals surface area contributed by atoms with Crippen molar-refractivity contribution < 1.29 is 19.0 Å². The molecule has 0 fully saturated rings. The minimum absolute atomic E-state index is 0.0834. The largest absolute Gasteiger partial charge is 0.486 e. The van der Waals surface area contributed by atoms with Gasteiger partial charge in [-0.3, -0.25) is 4.79 Å². The number of fused-ring (bicyclic) bond motifs is 1. The molecule has 3 aromatic carbocycles. The van der Waals surface area contributed by atoms with E-state index in [1.807, 2.05) is 54.6 Å². The highest BCUT2D eigenvalue weighted by molar-refractivity contribution is 5.92. The summed E-state index contributed by atoms with van der Waals surface area (Å²) in [6, 6.07) is 22.7. The second kappa shape index (κ2) is 8.35. The van der Waals surface area contributed by atoms with Crippen LogP contribution in [0.4, 0.5) is 17.1 Å². The highest BCUT2D eigenvalue weighted by Gasteiger charge is 2.13. The minimum Gasteiger partial charge on any atom is -0.486 e. The molecule has 0 saturated heterocycles. The highest BCUT2D eigenvalue weighted by Crippen LogP contribution is 2.32. The summed E-state index contributed by atoms with van der Waals surface area (Å²) < 4.78 is 16.5. The highest BCUT2D eigenvalue weighted by atomic mass is 16.6. The first kappa shape index (κ1) is 17.7. The van der Waals surface area contributed by atoms with Crippen molar-refractivity contribution >= 4 is 23.0 Å². The van der Waals surface area contributed by atoms with Gasteiger partial charge in [0, 0.05) is 23.1 Å². The first-order chi connectivity index (χ1) is 13.8. The Bertz CT molecular complexity index is 943. The third-order valence-electron chi connectivity index (χ3n) is 4.11. The molecule has 0 spiro atoms. The Morgan fingerprint density at radius 2 is 1.50 bits per heavy atom. The molecule has 1 amide bonds. The van der Waals surface area contributed by atoms with E-state index in [0.717, 1.165) is 11.4 Å². The molecule has 0 atom stereocenters. The van der Waals surface area contributed by atoms with E-state index >= 15 is 0 Å². The number of ether oxygens (including phenoxy) is 3. The summed E-state index contributed by atoms with van der Waals surface area (Å²) >= 11 is 0. The van der Waals surface area contributed by atoms with Crippen molar-refractivity contribution in [2.75, 3.05) is 30.5 Å². The van der Waals surface area contributed by atoms with Crippen LogP contribution in [0.2, 0.25) is 0 Å². The van der Waals surface area contributed by atoms with Crippen molar-refractivity contribution in [2.45, 2.75) is 0 Å². The smallest absolute Gasteiger partial charge is 0.262 e. The van der Waals surface area contributed by atoms with Gasteiger partial charge in [-0.1, -0.05) is 18.2 Å². The zero-order chi connectivity index (χ0) is 19.2. The van der Waals surface area contributed by atoms with E-state index in [9.17, 15) is 4.79 Å². The predicted molar refractivity (Wildman–Crippen MR) is 108 cm³/mol. The van der Waals surface area contributed by atoms with Crippen LogP contribution in [0.3, 0.4) is 0 Å². The maximum absolute atomic E-state index is 12.1. The van der Waals surface area contributed by atoms with Gasteiger partial charge in [-0.2, -0.15) is 0 Å². The molecule has 0 radical (unpaired) electrons. The Hall–Kier alpha value is -3.67. The molecule has 1 aliphatic rings. The number of para-hydroxylation sites is 1. The van der Waals surface area contributed by atoms with E-state index < -0.39 is 0 Å². The molecule has 0 aromatic heterocycles. The third-order valence-corrected chi connectivity index (χ3v) is 4.11. The molecule has 4 rings (SSSR count). The number of carbonyl (C=O) groups is 1. The molecule has 3 aromatic rings. The van der Waals surface area contributed by atoms with Crippen molar-refractivity contribution in [1.29, 1.82) is 0 Å². The maximum Gasteiger partial charge on any atom is 0.262 e. The number of hydrogen-bond acceptors (Lipinski definition) is 5. The second-order valence-electron chi connectivity index (χ2n) is 6.21. The van der Waals surface area contributed by atoms with E-state index in [1.54, 1.807) is 18.2 Å². The van der Waals surface area contributed by atoms with Gasteiger partial charge in [0.05, 0.1) is 0 Å². The molecule has 2 N–H and O–H groups in total. The van der Waals surface area contributed by atoms with E-state index in [1.165, 1.54) is 0 Å². The van der Waals surface area contributed by atoms with Crippen molar-refractivity contribution in [3.8, 4) is 17.2 Å². The average molecular weight is 376 g/mol. The number of rotatable bonds is 6. The van der Waals surface area contributed by atoms with Crippen LogP contribution in [-0.2, 0) is 4.79 Å². The zero-order valence-corrected chi connectivity index (χ0v) is 15.2. The van der Waals surface area contributed by atoms with Crippen LogP contribution < -0.4 is 24.8 Å². The summed E-state index contributed by atoms with van der Waals surface area (Å²) in [6.45, 7) is 0.953. The lowest BCUT2D eigenvalue weighted by Crippen LogP contribution is -2.20. The Kier molecular flexibility index (Phi) is 5.29. The topological polar surface area (TPSA) is 68.8 Å². The number of amides is 1. The van der Waals surface area contributed by atoms with Crippen LogP contribution in [-0.4, -0.2) is 25.7 Å². The summed E-state index contributed by atoms with van der Waals surface area (Å²) in [4.78, 5) is 12.1. The molecule has 6 heteroatoms. The predicted octanol–water partition coefficient (Wildman–Crippen LogP) is 4.22. The summed E-state index contributed by atoms with van der Waals surface area (Å²) in [7, 11) is 0. The lowest BCUT2D eigenvalue weighted by molar-refractivity contribution is -0.118. The van der Waals surface area contributed by atoms with Crippen LogP contribution in [0, 0.1) is 0 Å². The van der Waals surface area contributed by atoms with Crippen LogP contribution in [0.15, 0.2) is 72.8 Å². The molecule has 1 aliphatic heterocycles. The van der Waals surface area contributed by atoms with Crippen molar-refractivity contribution in [1.82, 2.24) is 0 Å².